The van der Waals surface area contributed by atoms with Gasteiger partial charge in [0.2, 0.25) is 0 Å². The molecule has 9 heteroatoms. The molecule has 0 aliphatic carbocycles. The van der Waals surface area contributed by atoms with Crippen LogP contribution in [-0.4, -0.2) is 71.4 Å². The summed E-state index contributed by atoms with van der Waals surface area (Å²) in [5, 5.41) is 31.5. The first-order valence-electron chi connectivity index (χ1n) is 14.8. The molecule has 0 rings (SSSR count). The quantitative estimate of drug-likeness (QED) is 0.180. The van der Waals surface area contributed by atoms with Gasteiger partial charge in [-0.3, -0.25) is 14.4 Å². The summed E-state index contributed by atoms with van der Waals surface area (Å²) in [6.45, 7) is 24.3. The van der Waals surface area contributed by atoms with Crippen LogP contribution in [0, 0.1) is 39.4 Å². The SMILES string of the molecule is CC(C(O)CC(=O)OCC(C)(COC(=O)CC(O)C(C)C(C)(C)C)COC(=O)CC(O)C(C)C(C)(C)C)C(C)(C)C. The van der Waals surface area contributed by atoms with Crippen LogP contribution in [0.2, 0.25) is 0 Å². The van der Waals surface area contributed by atoms with E-state index in [4.69, 9.17) is 14.2 Å². The smallest absolute Gasteiger partial charge is 0.308 e. The van der Waals surface area contributed by atoms with E-state index in [9.17, 15) is 29.7 Å². The lowest BCUT2D eigenvalue weighted by Gasteiger charge is -2.32. The summed E-state index contributed by atoms with van der Waals surface area (Å²) in [4.78, 5) is 37.7. The van der Waals surface area contributed by atoms with Crippen molar-refractivity contribution in [1.29, 1.82) is 0 Å². The highest BCUT2D eigenvalue weighted by Gasteiger charge is 2.35. The summed E-state index contributed by atoms with van der Waals surface area (Å²) >= 11 is 0. The van der Waals surface area contributed by atoms with Crippen molar-refractivity contribution < 1.29 is 43.9 Å². The lowest BCUT2D eigenvalue weighted by atomic mass is 9.78. The maximum Gasteiger partial charge on any atom is 0.308 e. The molecule has 41 heavy (non-hydrogen) atoms. The Balaban J connectivity index is 5.41. The van der Waals surface area contributed by atoms with E-state index in [1.54, 1.807) is 6.92 Å². The van der Waals surface area contributed by atoms with Gasteiger partial charge in [-0.2, -0.15) is 0 Å². The largest absolute Gasteiger partial charge is 0.465 e. The Bertz CT molecular complexity index is 724. The van der Waals surface area contributed by atoms with Crippen molar-refractivity contribution in [3.8, 4) is 0 Å². The number of esters is 3. The van der Waals surface area contributed by atoms with Gasteiger partial charge in [0.1, 0.15) is 19.8 Å². The molecule has 0 spiro atoms. The van der Waals surface area contributed by atoms with Gasteiger partial charge in [-0.15, -0.1) is 0 Å². The van der Waals surface area contributed by atoms with E-state index in [1.807, 2.05) is 83.1 Å². The molecule has 0 aliphatic heterocycles. The lowest BCUT2D eigenvalue weighted by molar-refractivity contribution is -0.163. The molecule has 0 fully saturated rings. The molecule has 242 valence electrons. The molecule has 0 radical (unpaired) electrons. The van der Waals surface area contributed by atoms with Gasteiger partial charge in [0.05, 0.1) is 43.0 Å². The van der Waals surface area contributed by atoms with Crippen molar-refractivity contribution in [2.45, 2.75) is 128 Å². The van der Waals surface area contributed by atoms with Gasteiger partial charge >= 0.3 is 17.9 Å². The number of rotatable bonds is 15. The second-order valence-corrected chi connectivity index (χ2v) is 15.6. The predicted octanol–water partition coefficient (Wildman–Crippen LogP) is 4.92. The molecule has 0 aromatic carbocycles. The van der Waals surface area contributed by atoms with Gasteiger partial charge < -0.3 is 29.5 Å². The van der Waals surface area contributed by atoms with Crippen LogP contribution < -0.4 is 0 Å². The van der Waals surface area contributed by atoms with Crippen molar-refractivity contribution in [3.63, 3.8) is 0 Å². The highest BCUT2D eigenvalue weighted by molar-refractivity contribution is 5.71. The highest BCUT2D eigenvalue weighted by Crippen LogP contribution is 2.32. The van der Waals surface area contributed by atoms with E-state index in [-0.39, 0.29) is 73.1 Å². The predicted molar refractivity (Wildman–Crippen MR) is 159 cm³/mol. The van der Waals surface area contributed by atoms with E-state index >= 15 is 0 Å². The Labute approximate surface area is 248 Å². The van der Waals surface area contributed by atoms with Gasteiger partial charge in [0, 0.05) is 0 Å². The zero-order valence-corrected chi connectivity index (χ0v) is 28.0. The minimum atomic E-state index is -1.09. The lowest BCUT2D eigenvalue weighted by Crippen LogP contribution is -2.39. The summed E-state index contributed by atoms with van der Waals surface area (Å²) in [5.74, 6) is -2.35. The minimum absolute atomic E-state index is 0.160. The van der Waals surface area contributed by atoms with Crippen molar-refractivity contribution in [1.82, 2.24) is 0 Å². The average Bonchev–Trinajstić information content (AvgIpc) is 2.81. The third kappa shape index (κ3) is 14.8. The van der Waals surface area contributed by atoms with Crippen LogP contribution in [0.15, 0.2) is 0 Å². The van der Waals surface area contributed by atoms with Gasteiger partial charge in [-0.05, 0) is 40.9 Å². The number of hydrogen-bond acceptors (Lipinski definition) is 9. The normalized spacial score (nSPS) is 18.7. The van der Waals surface area contributed by atoms with Crippen LogP contribution in [0.4, 0.5) is 0 Å². The number of hydrogen-bond donors (Lipinski definition) is 3. The fourth-order valence-corrected chi connectivity index (χ4v) is 3.84. The maximum atomic E-state index is 12.6. The van der Waals surface area contributed by atoms with E-state index < -0.39 is 41.6 Å². The standard InChI is InChI=1S/C32H60O9/c1-20(29(4,5)6)23(33)14-26(36)39-17-32(13,18-40-27(37)15-24(34)21(2)30(7,8)9)19-41-28(38)16-25(35)22(3)31(10,11)12/h20-25,33-35H,14-19H2,1-13H3. The molecule has 0 amide bonds. The molecular weight excluding hydrogens is 528 g/mol. The van der Waals surface area contributed by atoms with Crippen molar-refractivity contribution in [2.24, 2.45) is 39.4 Å². The molecule has 0 saturated carbocycles. The van der Waals surface area contributed by atoms with E-state index in [1.165, 1.54) is 0 Å². The van der Waals surface area contributed by atoms with E-state index in [0.29, 0.717) is 0 Å². The summed E-state index contributed by atoms with van der Waals surface area (Å²) in [7, 11) is 0. The molecule has 6 unspecified atom stereocenters. The summed E-state index contributed by atoms with van der Waals surface area (Å²) in [6, 6.07) is 0. The second-order valence-electron chi connectivity index (χ2n) is 15.6. The summed E-state index contributed by atoms with van der Waals surface area (Å²) in [6.07, 6.45) is -3.32. The number of carbonyl (C=O) groups is 3. The first-order valence-corrected chi connectivity index (χ1v) is 14.8. The Kier molecular flexibility index (Phi) is 15.0. The molecule has 0 bridgehead atoms. The number of carbonyl (C=O) groups excluding carboxylic acids is 3. The van der Waals surface area contributed by atoms with Crippen LogP contribution in [0.3, 0.4) is 0 Å². The number of ether oxygens (including phenoxy) is 3. The molecule has 0 aromatic rings. The van der Waals surface area contributed by atoms with Crippen LogP contribution >= 0.6 is 0 Å². The monoisotopic (exact) mass is 588 g/mol. The third-order valence-corrected chi connectivity index (χ3v) is 8.70. The van der Waals surface area contributed by atoms with Crippen LogP contribution in [0.5, 0.6) is 0 Å². The highest BCUT2D eigenvalue weighted by atomic mass is 16.6. The fourth-order valence-electron chi connectivity index (χ4n) is 3.84. The van der Waals surface area contributed by atoms with Gasteiger partial charge in [-0.25, -0.2) is 0 Å². The van der Waals surface area contributed by atoms with Crippen LogP contribution in [0.1, 0.15) is 109 Å². The maximum absolute atomic E-state index is 12.6. The zero-order chi connectivity index (χ0) is 32.6. The van der Waals surface area contributed by atoms with E-state index in [0.717, 1.165) is 0 Å². The van der Waals surface area contributed by atoms with Crippen LogP contribution in [0.25, 0.3) is 0 Å². The molecule has 9 nitrogen and oxygen atoms in total. The van der Waals surface area contributed by atoms with Gasteiger partial charge in [0.15, 0.2) is 0 Å². The molecule has 0 heterocycles. The topological polar surface area (TPSA) is 140 Å². The molecule has 0 saturated heterocycles. The molecule has 6 atom stereocenters. The molecule has 0 aliphatic rings. The first kappa shape index (κ1) is 39.3. The molecule has 3 N–H and O–H groups in total. The van der Waals surface area contributed by atoms with Crippen LogP contribution in [-0.2, 0) is 28.6 Å². The Hall–Kier alpha value is -1.71. The fraction of sp³-hybridized carbons (Fsp3) is 0.906. The number of aliphatic hydroxyl groups excluding tert-OH is 3. The molecule has 0 aromatic heterocycles. The Morgan fingerprint density at radius 2 is 0.683 bits per heavy atom. The second kappa shape index (κ2) is 15.7. The van der Waals surface area contributed by atoms with E-state index in [2.05, 4.69) is 0 Å². The minimum Gasteiger partial charge on any atom is -0.465 e. The van der Waals surface area contributed by atoms with Crippen molar-refractivity contribution in [3.05, 3.63) is 0 Å². The first-order chi connectivity index (χ1) is 18.3. The molecular formula is C32H60O9. The zero-order valence-electron chi connectivity index (χ0n) is 28.0. The average molecular weight is 589 g/mol. The van der Waals surface area contributed by atoms with Gasteiger partial charge in [-0.1, -0.05) is 83.1 Å². The summed E-state index contributed by atoms with van der Waals surface area (Å²) in [5.41, 5.74) is -1.72. The third-order valence-electron chi connectivity index (χ3n) is 8.70. The Morgan fingerprint density at radius 1 is 0.488 bits per heavy atom. The Morgan fingerprint density at radius 3 is 0.854 bits per heavy atom. The summed E-state index contributed by atoms with van der Waals surface area (Å²) < 4.78 is 16.4. The van der Waals surface area contributed by atoms with Crippen molar-refractivity contribution >= 4 is 17.9 Å². The number of aliphatic hydroxyl groups is 3. The van der Waals surface area contributed by atoms with Crippen molar-refractivity contribution in [2.75, 3.05) is 19.8 Å². The van der Waals surface area contributed by atoms with Gasteiger partial charge in [0.25, 0.3) is 0 Å².